The number of carbonyl (C=O) groups excluding carboxylic acids is 1. The van der Waals surface area contributed by atoms with Crippen LogP contribution < -0.4 is 10.6 Å². The number of anilines is 1. The molecule has 0 saturated carbocycles. The molecule has 2 heterocycles. The lowest BCUT2D eigenvalue weighted by atomic mass is 10.2. The number of carbonyl (C=O) groups is 1. The molecule has 0 spiro atoms. The van der Waals surface area contributed by atoms with E-state index in [1.807, 2.05) is 61.5 Å². The molecule has 0 aliphatic carbocycles. The molecule has 0 fully saturated rings. The van der Waals surface area contributed by atoms with Gasteiger partial charge in [-0.25, -0.2) is 4.79 Å². The van der Waals surface area contributed by atoms with Crippen molar-refractivity contribution in [3.8, 4) is 0 Å². The smallest absolute Gasteiger partial charge is 0.319 e. The third kappa shape index (κ3) is 3.72. The number of hydrogen-bond acceptors (Lipinski definition) is 4. The molecule has 2 aromatic heterocycles. The monoisotopic (exact) mass is 324 g/mol. The number of furan rings is 1. The Morgan fingerprint density at radius 3 is 2.83 bits per heavy atom. The van der Waals surface area contributed by atoms with Crippen LogP contribution in [0.3, 0.4) is 0 Å². The van der Waals surface area contributed by atoms with E-state index in [1.165, 1.54) is 0 Å². The number of fused-ring (bicyclic) bond motifs is 1. The van der Waals surface area contributed by atoms with Crippen LogP contribution in [0.25, 0.3) is 10.9 Å². The van der Waals surface area contributed by atoms with Gasteiger partial charge in [-0.3, -0.25) is 9.88 Å². The lowest BCUT2D eigenvalue weighted by Gasteiger charge is -2.22. The van der Waals surface area contributed by atoms with Crippen molar-refractivity contribution in [1.82, 2.24) is 15.2 Å². The van der Waals surface area contributed by atoms with E-state index in [2.05, 4.69) is 15.6 Å². The van der Waals surface area contributed by atoms with Crippen molar-refractivity contribution in [2.75, 3.05) is 26.0 Å². The van der Waals surface area contributed by atoms with Crippen molar-refractivity contribution in [3.05, 3.63) is 60.7 Å². The first-order chi connectivity index (χ1) is 11.6. The van der Waals surface area contributed by atoms with Gasteiger partial charge in [0.25, 0.3) is 0 Å². The summed E-state index contributed by atoms with van der Waals surface area (Å²) >= 11 is 0. The molecule has 6 nitrogen and oxygen atoms in total. The molecule has 3 aromatic rings. The third-order valence-corrected chi connectivity index (χ3v) is 3.80. The zero-order valence-electron chi connectivity index (χ0n) is 13.7. The summed E-state index contributed by atoms with van der Waals surface area (Å²) in [5.41, 5.74) is 1.56. The molecule has 0 saturated heterocycles. The van der Waals surface area contributed by atoms with Crippen molar-refractivity contribution < 1.29 is 9.21 Å². The summed E-state index contributed by atoms with van der Waals surface area (Å²) in [6.07, 6.45) is 3.28. The number of nitrogens with zero attached hydrogens (tertiary/aromatic N) is 2. The van der Waals surface area contributed by atoms with Gasteiger partial charge < -0.3 is 15.1 Å². The van der Waals surface area contributed by atoms with Crippen LogP contribution in [0.15, 0.2) is 59.3 Å². The third-order valence-electron chi connectivity index (χ3n) is 3.80. The van der Waals surface area contributed by atoms with Crippen molar-refractivity contribution in [2.24, 2.45) is 0 Å². The van der Waals surface area contributed by atoms with Crippen molar-refractivity contribution in [2.45, 2.75) is 6.04 Å². The molecule has 6 heteroatoms. The molecular formula is C18H20N4O2. The Balaban J connectivity index is 1.62. The first-order valence-electron chi connectivity index (χ1n) is 7.73. The number of nitrogens with one attached hydrogen (secondary N) is 2. The van der Waals surface area contributed by atoms with E-state index in [9.17, 15) is 4.79 Å². The lowest BCUT2D eigenvalue weighted by molar-refractivity contribution is 0.233. The minimum absolute atomic E-state index is 0.0273. The van der Waals surface area contributed by atoms with E-state index in [0.29, 0.717) is 12.2 Å². The Hall–Kier alpha value is -2.86. The van der Waals surface area contributed by atoms with E-state index < -0.39 is 0 Å². The fourth-order valence-corrected chi connectivity index (χ4v) is 2.52. The highest BCUT2D eigenvalue weighted by Crippen LogP contribution is 2.18. The Morgan fingerprint density at radius 2 is 2.08 bits per heavy atom. The molecule has 0 aliphatic rings. The number of aromatic nitrogens is 1. The summed E-state index contributed by atoms with van der Waals surface area (Å²) in [6, 6.07) is 13.1. The summed E-state index contributed by atoms with van der Waals surface area (Å²) in [6.45, 7) is 0.438. The maximum Gasteiger partial charge on any atom is 0.319 e. The second-order valence-electron chi connectivity index (χ2n) is 5.75. The molecule has 0 radical (unpaired) electrons. The summed E-state index contributed by atoms with van der Waals surface area (Å²) in [5, 5.41) is 6.66. The molecule has 2 amide bonds. The van der Waals surface area contributed by atoms with Crippen LogP contribution in [0.4, 0.5) is 10.5 Å². The van der Waals surface area contributed by atoms with Crippen molar-refractivity contribution in [1.29, 1.82) is 0 Å². The quantitative estimate of drug-likeness (QED) is 0.756. The Labute approximate surface area is 140 Å². The van der Waals surface area contributed by atoms with Gasteiger partial charge in [-0.2, -0.15) is 0 Å². The molecule has 0 bridgehead atoms. The van der Waals surface area contributed by atoms with E-state index in [1.54, 1.807) is 12.5 Å². The van der Waals surface area contributed by atoms with Crippen LogP contribution >= 0.6 is 0 Å². The van der Waals surface area contributed by atoms with Gasteiger partial charge in [0.1, 0.15) is 5.76 Å². The van der Waals surface area contributed by atoms with Crippen LogP contribution in [0.2, 0.25) is 0 Å². The molecule has 1 unspecified atom stereocenters. The van der Waals surface area contributed by atoms with Gasteiger partial charge >= 0.3 is 6.03 Å². The fraction of sp³-hybridized carbons (Fsp3) is 0.222. The largest absolute Gasteiger partial charge is 0.468 e. The number of para-hydroxylation sites is 1. The van der Waals surface area contributed by atoms with E-state index >= 15 is 0 Å². The van der Waals surface area contributed by atoms with Crippen LogP contribution in [0, 0.1) is 0 Å². The Bertz CT molecular complexity index is 815. The Morgan fingerprint density at radius 1 is 1.25 bits per heavy atom. The SMILES string of the molecule is CN(C)C(CNC(=O)Nc1cnc2ccccc2c1)c1ccco1. The van der Waals surface area contributed by atoms with Gasteiger partial charge in [0.05, 0.1) is 29.7 Å². The average molecular weight is 324 g/mol. The first-order valence-corrected chi connectivity index (χ1v) is 7.73. The molecular weight excluding hydrogens is 304 g/mol. The topological polar surface area (TPSA) is 70.4 Å². The van der Waals surface area contributed by atoms with Gasteiger partial charge in [0, 0.05) is 11.9 Å². The summed E-state index contributed by atoms with van der Waals surface area (Å²) in [7, 11) is 3.89. The van der Waals surface area contributed by atoms with Crippen molar-refractivity contribution >= 4 is 22.6 Å². The average Bonchev–Trinajstić information content (AvgIpc) is 3.09. The molecule has 124 valence electrons. The highest BCUT2D eigenvalue weighted by molar-refractivity contribution is 5.91. The summed E-state index contributed by atoms with van der Waals surface area (Å²) < 4.78 is 5.43. The molecule has 1 atom stereocenters. The maximum atomic E-state index is 12.1. The van der Waals surface area contributed by atoms with Gasteiger partial charge in [-0.05, 0) is 38.4 Å². The predicted molar refractivity (Wildman–Crippen MR) is 93.9 cm³/mol. The van der Waals surface area contributed by atoms with Gasteiger partial charge in [-0.15, -0.1) is 0 Å². The van der Waals surface area contributed by atoms with Gasteiger partial charge in [0.15, 0.2) is 0 Å². The van der Waals surface area contributed by atoms with Crippen LogP contribution in [0.1, 0.15) is 11.8 Å². The number of amides is 2. The number of rotatable bonds is 5. The number of benzene rings is 1. The summed E-state index contributed by atoms with van der Waals surface area (Å²) in [4.78, 5) is 18.5. The van der Waals surface area contributed by atoms with Gasteiger partial charge in [-0.1, -0.05) is 18.2 Å². The van der Waals surface area contributed by atoms with Crippen LogP contribution in [-0.2, 0) is 0 Å². The number of pyridine rings is 1. The molecule has 1 aromatic carbocycles. The minimum atomic E-state index is -0.273. The zero-order chi connectivity index (χ0) is 16.9. The highest BCUT2D eigenvalue weighted by atomic mass is 16.3. The molecule has 0 aliphatic heterocycles. The lowest BCUT2D eigenvalue weighted by Crippen LogP contribution is -2.36. The van der Waals surface area contributed by atoms with E-state index in [0.717, 1.165) is 16.7 Å². The molecule has 3 rings (SSSR count). The second-order valence-corrected chi connectivity index (χ2v) is 5.75. The zero-order valence-corrected chi connectivity index (χ0v) is 13.7. The molecule has 24 heavy (non-hydrogen) atoms. The van der Waals surface area contributed by atoms with Crippen LogP contribution in [-0.4, -0.2) is 36.6 Å². The number of hydrogen-bond donors (Lipinski definition) is 2. The van der Waals surface area contributed by atoms with Gasteiger partial charge in [0.2, 0.25) is 0 Å². The fourth-order valence-electron chi connectivity index (χ4n) is 2.52. The van der Waals surface area contributed by atoms with Crippen molar-refractivity contribution in [3.63, 3.8) is 0 Å². The number of likely N-dealkylation sites (N-methyl/N-ethyl adjacent to an activating group) is 1. The van der Waals surface area contributed by atoms with Crippen LogP contribution in [0.5, 0.6) is 0 Å². The van der Waals surface area contributed by atoms with E-state index in [-0.39, 0.29) is 12.1 Å². The first kappa shape index (κ1) is 16.0. The highest BCUT2D eigenvalue weighted by Gasteiger charge is 2.17. The summed E-state index contributed by atoms with van der Waals surface area (Å²) in [5.74, 6) is 0.813. The standard InChI is InChI=1S/C18H20N4O2/c1-22(2)16(17-8-5-9-24-17)12-20-18(23)21-14-10-13-6-3-4-7-15(13)19-11-14/h3-11,16H,12H2,1-2H3,(H2,20,21,23). The normalized spacial score (nSPS) is 12.3. The van der Waals surface area contributed by atoms with E-state index in [4.69, 9.17) is 4.42 Å². The molecule has 2 N–H and O–H groups in total. The minimum Gasteiger partial charge on any atom is -0.468 e. The Kier molecular flexibility index (Phi) is 4.77. The maximum absolute atomic E-state index is 12.1. The second kappa shape index (κ2) is 7.14. The number of urea groups is 1. The predicted octanol–water partition coefficient (Wildman–Crippen LogP) is 3.25.